The van der Waals surface area contributed by atoms with Gasteiger partial charge in [0.05, 0.1) is 12.8 Å². The second kappa shape index (κ2) is 10.4. The second-order valence-electron chi connectivity index (χ2n) is 8.09. The van der Waals surface area contributed by atoms with Gasteiger partial charge in [0.25, 0.3) is 0 Å². The molecule has 1 N–H and O–H groups in total. The summed E-state index contributed by atoms with van der Waals surface area (Å²) in [5.41, 5.74) is 2.18. The third-order valence-corrected chi connectivity index (χ3v) is 5.53. The number of likely N-dealkylation sites (tertiary alicyclic amines) is 1. The van der Waals surface area contributed by atoms with Crippen LogP contribution in [0, 0.1) is 0 Å². The van der Waals surface area contributed by atoms with Crippen LogP contribution in [0.3, 0.4) is 0 Å². The lowest BCUT2D eigenvalue weighted by Crippen LogP contribution is -2.38. The third kappa shape index (κ3) is 5.92. The first-order chi connectivity index (χ1) is 14.5. The molecule has 3 rings (SSSR count). The van der Waals surface area contributed by atoms with Gasteiger partial charge >= 0.3 is 0 Å². The van der Waals surface area contributed by atoms with E-state index in [0.29, 0.717) is 12.3 Å². The van der Waals surface area contributed by atoms with Gasteiger partial charge in [-0.2, -0.15) is 0 Å². The first-order valence-electron chi connectivity index (χ1n) is 10.6. The Kier molecular flexibility index (Phi) is 7.63. The molecule has 2 heterocycles. The first-order valence-corrected chi connectivity index (χ1v) is 10.6. The molecule has 1 aromatic carbocycles. The number of amides is 1. The molecule has 1 aliphatic heterocycles. The van der Waals surface area contributed by atoms with E-state index >= 15 is 0 Å². The number of nitrogens with one attached hydrogen (secondary N) is 1. The molecule has 0 aliphatic carbocycles. The number of hydrogen-bond acceptors (Lipinski definition) is 6. The normalized spacial score (nSPS) is 14.8. The van der Waals surface area contributed by atoms with E-state index in [0.717, 1.165) is 67.5 Å². The van der Waals surface area contributed by atoms with Gasteiger partial charge in [-0.15, -0.1) is 0 Å². The lowest BCUT2D eigenvalue weighted by atomic mass is 9.95. The number of nitrogens with zero attached hydrogens (tertiary/aromatic N) is 4. The molecule has 0 spiro atoms. The number of rotatable bonds is 8. The predicted molar refractivity (Wildman–Crippen MR) is 119 cm³/mol. The van der Waals surface area contributed by atoms with Crippen molar-refractivity contribution in [1.29, 1.82) is 0 Å². The highest BCUT2D eigenvalue weighted by molar-refractivity contribution is 5.76. The zero-order valence-electron chi connectivity index (χ0n) is 18.5. The van der Waals surface area contributed by atoms with Crippen molar-refractivity contribution in [3.63, 3.8) is 0 Å². The second-order valence-corrected chi connectivity index (χ2v) is 8.09. The van der Waals surface area contributed by atoms with Crippen molar-refractivity contribution in [2.24, 2.45) is 0 Å². The minimum absolute atomic E-state index is 0.224. The van der Waals surface area contributed by atoms with Crippen LogP contribution in [0.25, 0.3) is 0 Å². The molecule has 7 heteroatoms. The monoisotopic (exact) mass is 411 g/mol. The fourth-order valence-electron chi connectivity index (χ4n) is 3.82. The Morgan fingerprint density at radius 1 is 1.20 bits per heavy atom. The van der Waals surface area contributed by atoms with E-state index in [4.69, 9.17) is 9.72 Å². The summed E-state index contributed by atoms with van der Waals surface area (Å²) in [5.74, 6) is 3.11. The zero-order valence-corrected chi connectivity index (χ0v) is 18.5. The molecular formula is C23H33N5O2. The molecule has 0 bridgehead atoms. The summed E-state index contributed by atoms with van der Waals surface area (Å²) in [4.78, 5) is 26.3. The molecule has 0 saturated carbocycles. The van der Waals surface area contributed by atoms with Crippen LogP contribution in [0.4, 0.5) is 5.82 Å². The minimum atomic E-state index is 0.224. The van der Waals surface area contributed by atoms with Gasteiger partial charge in [-0.05, 0) is 51.1 Å². The molecule has 1 aromatic heterocycles. The van der Waals surface area contributed by atoms with E-state index in [1.54, 1.807) is 7.11 Å². The number of benzene rings is 1. The summed E-state index contributed by atoms with van der Waals surface area (Å²) in [6.07, 6.45) is 3.10. The average molecular weight is 412 g/mol. The molecule has 0 unspecified atom stereocenters. The van der Waals surface area contributed by atoms with E-state index < -0.39 is 0 Å². The van der Waals surface area contributed by atoms with Crippen LogP contribution in [-0.4, -0.2) is 67.0 Å². The molecule has 0 radical (unpaired) electrons. The van der Waals surface area contributed by atoms with Crippen LogP contribution in [0.5, 0.6) is 5.75 Å². The smallest absolute Gasteiger partial charge is 0.222 e. The van der Waals surface area contributed by atoms with Crippen molar-refractivity contribution in [3.8, 4) is 5.75 Å². The number of hydrogen-bond donors (Lipinski definition) is 1. The van der Waals surface area contributed by atoms with E-state index in [-0.39, 0.29) is 5.91 Å². The highest BCUT2D eigenvalue weighted by atomic mass is 16.5. The van der Waals surface area contributed by atoms with E-state index in [1.165, 1.54) is 0 Å². The van der Waals surface area contributed by atoms with Gasteiger partial charge in [0.15, 0.2) is 0 Å². The predicted octanol–water partition coefficient (Wildman–Crippen LogP) is 2.93. The topological polar surface area (TPSA) is 70.6 Å². The van der Waals surface area contributed by atoms with Gasteiger partial charge in [-0.3, -0.25) is 4.79 Å². The number of carbonyl (C=O) groups is 1. The summed E-state index contributed by atoms with van der Waals surface area (Å²) in [6, 6.07) is 9.93. The SMILES string of the molecule is CNc1cc(CN(C)C)nc(C2CCN(C(=O)CCc3ccc(OC)cc3)CC2)n1. The Bertz CT molecular complexity index is 830. The Hall–Kier alpha value is -2.67. The van der Waals surface area contributed by atoms with Crippen LogP contribution >= 0.6 is 0 Å². The molecule has 0 atom stereocenters. The molecule has 2 aromatic rings. The van der Waals surface area contributed by atoms with Crippen molar-refractivity contribution in [3.05, 3.63) is 47.4 Å². The van der Waals surface area contributed by atoms with Gasteiger partial charge in [0, 0.05) is 45.1 Å². The highest BCUT2D eigenvalue weighted by Crippen LogP contribution is 2.27. The standard InChI is InChI=1S/C23H33N5O2/c1-24-21-15-19(16-27(2)3)25-23(26-21)18-11-13-28(14-12-18)22(29)10-7-17-5-8-20(30-4)9-6-17/h5-6,8-9,15,18H,7,10-14,16H2,1-4H3,(H,24,25,26). The van der Waals surface area contributed by atoms with Crippen LogP contribution in [0.1, 0.15) is 42.3 Å². The molecule has 162 valence electrons. The van der Waals surface area contributed by atoms with Crippen LogP contribution in [-0.2, 0) is 17.8 Å². The number of piperidine rings is 1. The lowest BCUT2D eigenvalue weighted by molar-refractivity contribution is -0.132. The lowest BCUT2D eigenvalue weighted by Gasteiger charge is -2.31. The summed E-state index contributed by atoms with van der Waals surface area (Å²) in [5, 5.41) is 3.14. The van der Waals surface area contributed by atoms with Crippen LogP contribution < -0.4 is 10.1 Å². The summed E-state index contributed by atoms with van der Waals surface area (Å²) < 4.78 is 5.19. The minimum Gasteiger partial charge on any atom is -0.497 e. The maximum Gasteiger partial charge on any atom is 0.222 e. The number of anilines is 1. The molecule has 1 saturated heterocycles. The number of carbonyl (C=O) groups excluding carboxylic acids is 1. The quantitative estimate of drug-likeness (QED) is 0.720. The van der Waals surface area contributed by atoms with Crippen LogP contribution in [0.15, 0.2) is 30.3 Å². The number of methoxy groups -OCH3 is 1. The Morgan fingerprint density at radius 3 is 2.50 bits per heavy atom. The maximum atomic E-state index is 12.7. The average Bonchev–Trinajstić information content (AvgIpc) is 2.77. The molecule has 1 aliphatic rings. The van der Waals surface area contributed by atoms with Gasteiger partial charge in [0.2, 0.25) is 5.91 Å². The summed E-state index contributed by atoms with van der Waals surface area (Å²) >= 11 is 0. The first kappa shape index (κ1) is 22.0. The zero-order chi connectivity index (χ0) is 21.5. The Morgan fingerprint density at radius 2 is 1.90 bits per heavy atom. The Balaban J connectivity index is 1.54. The van der Waals surface area contributed by atoms with Crippen molar-refractivity contribution in [2.45, 2.75) is 38.1 Å². The highest BCUT2D eigenvalue weighted by Gasteiger charge is 2.26. The largest absolute Gasteiger partial charge is 0.497 e. The van der Waals surface area contributed by atoms with E-state index in [9.17, 15) is 4.79 Å². The van der Waals surface area contributed by atoms with Gasteiger partial charge in [0.1, 0.15) is 17.4 Å². The molecule has 7 nitrogen and oxygen atoms in total. The molecule has 1 amide bonds. The van der Waals surface area contributed by atoms with Crippen molar-refractivity contribution in [1.82, 2.24) is 19.8 Å². The Labute approximate surface area is 179 Å². The third-order valence-electron chi connectivity index (χ3n) is 5.53. The number of ether oxygens (including phenoxy) is 1. The van der Waals surface area contributed by atoms with Gasteiger partial charge in [-0.25, -0.2) is 9.97 Å². The number of aromatic nitrogens is 2. The van der Waals surface area contributed by atoms with Crippen LogP contribution in [0.2, 0.25) is 0 Å². The van der Waals surface area contributed by atoms with Crippen molar-refractivity contribution < 1.29 is 9.53 Å². The van der Waals surface area contributed by atoms with Gasteiger partial charge < -0.3 is 19.9 Å². The van der Waals surface area contributed by atoms with Gasteiger partial charge in [-0.1, -0.05) is 12.1 Å². The number of aryl methyl sites for hydroxylation is 1. The molecule has 1 fully saturated rings. The fourth-order valence-corrected chi connectivity index (χ4v) is 3.82. The molecular weight excluding hydrogens is 378 g/mol. The summed E-state index contributed by atoms with van der Waals surface area (Å²) in [6.45, 7) is 2.32. The van der Waals surface area contributed by atoms with Crippen molar-refractivity contribution >= 4 is 11.7 Å². The molecule has 30 heavy (non-hydrogen) atoms. The maximum absolute atomic E-state index is 12.7. The van der Waals surface area contributed by atoms with E-state index in [1.807, 2.05) is 56.4 Å². The fraction of sp³-hybridized carbons (Fsp3) is 0.522. The summed E-state index contributed by atoms with van der Waals surface area (Å²) in [7, 11) is 7.62. The van der Waals surface area contributed by atoms with E-state index in [2.05, 4.69) is 15.2 Å². The van der Waals surface area contributed by atoms with Crippen molar-refractivity contribution in [2.75, 3.05) is 46.7 Å².